The predicted octanol–water partition coefficient (Wildman–Crippen LogP) is 1.71. The molecule has 24 heavy (non-hydrogen) atoms. The molecule has 1 unspecified atom stereocenters. The number of hydrogen-bond donors (Lipinski definition) is 1. The molecule has 0 saturated carbocycles. The minimum Gasteiger partial charge on any atom is -0.383 e. The van der Waals surface area contributed by atoms with E-state index in [0.29, 0.717) is 25.1 Å². The highest BCUT2D eigenvalue weighted by molar-refractivity contribution is 6.00. The Kier molecular flexibility index (Phi) is 3.25. The molecule has 1 amide bonds. The molecule has 0 bridgehead atoms. The Bertz CT molecular complexity index is 926. The van der Waals surface area contributed by atoms with Gasteiger partial charge in [0.25, 0.3) is 5.91 Å². The second kappa shape index (κ2) is 5.21. The molecule has 6 nitrogen and oxygen atoms in total. The number of carbonyl (C=O) groups excluding carboxylic acids is 1. The van der Waals surface area contributed by atoms with Crippen molar-refractivity contribution in [2.75, 3.05) is 13.1 Å². The first-order valence-corrected chi connectivity index (χ1v) is 8.06. The number of aryl methyl sites for hydroxylation is 2. The van der Waals surface area contributed by atoms with Crippen molar-refractivity contribution in [3.63, 3.8) is 0 Å². The molecule has 1 aromatic carbocycles. The Morgan fingerprint density at radius 1 is 1.29 bits per heavy atom. The summed E-state index contributed by atoms with van der Waals surface area (Å²) in [4.78, 5) is 14.6. The quantitative estimate of drug-likeness (QED) is 0.781. The van der Waals surface area contributed by atoms with E-state index in [1.54, 1.807) is 15.6 Å². The minimum atomic E-state index is -0.985. The molecule has 3 aromatic rings. The number of β-amino-alcohol motifs (C(OH)–C–C–N with tert-alkyl or cyclic N) is 1. The highest BCUT2D eigenvalue weighted by Gasteiger charge is 2.41. The van der Waals surface area contributed by atoms with Crippen LogP contribution in [-0.4, -0.2) is 43.2 Å². The van der Waals surface area contributed by atoms with Crippen LogP contribution in [0.4, 0.5) is 0 Å². The van der Waals surface area contributed by atoms with Gasteiger partial charge in [-0.1, -0.05) is 24.3 Å². The van der Waals surface area contributed by atoms with E-state index >= 15 is 0 Å². The summed E-state index contributed by atoms with van der Waals surface area (Å²) < 4.78 is 3.57. The number of fused-ring (bicyclic) bond motifs is 1. The van der Waals surface area contributed by atoms with Gasteiger partial charge in [-0.15, -0.1) is 0 Å². The highest BCUT2D eigenvalue weighted by Crippen LogP contribution is 2.34. The first-order valence-electron chi connectivity index (χ1n) is 8.06. The lowest BCUT2D eigenvalue weighted by Crippen LogP contribution is -2.34. The Morgan fingerprint density at radius 2 is 2.08 bits per heavy atom. The van der Waals surface area contributed by atoms with E-state index in [-0.39, 0.29) is 5.91 Å². The molecule has 1 saturated heterocycles. The van der Waals surface area contributed by atoms with E-state index < -0.39 is 5.60 Å². The van der Waals surface area contributed by atoms with E-state index in [1.165, 1.54) is 0 Å². The number of aromatic nitrogens is 3. The molecule has 2 aromatic heterocycles. The van der Waals surface area contributed by atoms with Crippen LogP contribution in [0, 0.1) is 6.92 Å². The fraction of sp³-hybridized carbons (Fsp3) is 0.333. The number of aliphatic hydroxyl groups is 1. The molecule has 0 radical (unpaired) electrons. The van der Waals surface area contributed by atoms with Crippen LogP contribution in [0.25, 0.3) is 5.65 Å². The third-order valence-corrected chi connectivity index (χ3v) is 4.95. The number of imidazole rings is 1. The number of rotatable bonds is 2. The number of nitrogens with zero attached hydrogens (tertiary/aromatic N) is 4. The lowest BCUT2D eigenvalue weighted by Gasteiger charge is -2.25. The van der Waals surface area contributed by atoms with Crippen LogP contribution in [0.15, 0.2) is 42.9 Å². The van der Waals surface area contributed by atoms with Crippen LogP contribution in [0.2, 0.25) is 0 Å². The van der Waals surface area contributed by atoms with Crippen molar-refractivity contribution in [2.24, 2.45) is 7.05 Å². The minimum absolute atomic E-state index is 0.0868. The molecule has 4 rings (SSSR count). The summed E-state index contributed by atoms with van der Waals surface area (Å²) in [7, 11) is 1.89. The molecular formula is C18H20N4O2. The second-order valence-electron chi connectivity index (χ2n) is 6.56. The molecule has 3 heterocycles. The average Bonchev–Trinajstić information content (AvgIpc) is 3.25. The molecule has 1 fully saturated rings. The monoisotopic (exact) mass is 324 g/mol. The molecule has 6 heteroatoms. The number of benzene rings is 1. The van der Waals surface area contributed by atoms with Crippen LogP contribution in [0.1, 0.15) is 27.9 Å². The maximum Gasteiger partial charge on any atom is 0.259 e. The summed E-state index contributed by atoms with van der Waals surface area (Å²) in [6.45, 7) is 2.83. The average molecular weight is 324 g/mol. The van der Waals surface area contributed by atoms with Crippen molar-refractivity contribution < 1.29 is 9.90 Å². The first-order chi connectivity index (χ1) is 11.5. The molecule has 0 spiro atoms. The lowest BCUT2D eigenvalue weighted by atomic mass is 9.89. The number of hydrogen-bond acceptors (Lipinski definition) is 3. The van der Waals surface area contributed by atoms with Crippen LogP contribution >= 0.6 is 0 Å². The van der Waals surface area contributed by atoms with Gasteiger partial charge in [-0.25, -0.2) is 4.52 Å². The second-order valence-corrected chi connectivity index (χ2v) is 6.56. The summed E-state index contributed by atoms with van der Waals surface area (Å²) in [6, 6.07) is 7.82. The summed E-state index contributed by atoms with van der Waals surface area (Å²) in [5.74, 6) is -0.0868. The SMILES string of the molecule is Cc1ccccc1C1(O)CCN(C(=O)c2cnn3ccn(C)c23)C1. The largest absolute Gasteiger partial charge is 0.383 e. The van der Waals surface area contributed by atoms with Crippen molar-refractivity contribution in [3.8, 4) is 0 Å². The molecule has 1 atom stereocenters. The Morgan fingerprint density at radius 3 is 2.88 bits per heavy atom. The normalized spacial score (nSPS) is 20.9. The van der Waals surface area contributed by atoms with Gasteiger partial charge in [0.1, 0.15) is 16.8 Å². The van der Waals surface area contributed by atoms with Crippen LogP contribution in [0.3, 0.4) is 0 Å². The fourth-order valence-electron chi connectivity index (χ4n) is 3.65. The summed E-state index contributed by atoms with van der Waals surface area (Å²) in [5, 5.41) is 15.3. The van der Waals surface area contributed by atoms with E-state index in [4.69, 9.17) is 0 Å². The summed E-state index contributed by atoms with van der Waals surface area (Å²) in [5.41, 5.74) is 2.30. The van der Waals surface area contributed by atoms with Gasteiger partial charge in [0.05, 0.1) is 12.7 Å². The zero-order valence-electron chi connectivity index (χ0n) is 13.8. The Hall–Kier alpha value is -2.60. The van der Waals surface area contributed by atoms with E-state index in [1.807, 2.05) is 55.2 Å². The van der Waals surface area contributed by atoms with Crippen molar-refractivity contribution in [2.45, 2.75) is 18.9 Å². The van der Waals surface area contributed by atoms with Gasteiger partial charge in [0.15, 0.2) is 0 Å². The van der Waals surface area contributed by atoms with Gasteiger partial charge in [0, 0.05) is 26.0 Å². The van der Waals surface area contributed by atoms with Crippen LogP contribution < -0.4 is 0 Å². The molecular weight excluding hydrogens is 304 g/mol. The number of carbonyl (C=O) groups is 1. The zero-order chi connectivity index (χ0) is 16.9. The summed E-state index contributed by atoms with van der Waals surface area (Å²) in [6.07, 6.45) is 5.83. The molecule has 1 aliphatic rings. The van der Waals surface area contributed by atoms with Gasteiger partial charge in [-0.3, -0.25) is 4.79 Å². The molecule has 0 aliphatic carbocycles. The fourth-order valence-corrected chi connectivity index (χ4v) is 3.65. The maximum atomic E-state index is 12.9. The van der Waals surface area contributed by atoms with Crippen LogP contribution in [0.5, 0.6) is 0 Å². The van der Waals surface area contributed by atoms with Crippen molar-refractivity contribution in [1.29, 1.82) is 0 Å². The third kappa shape index (κ3) is 2.14. The van der Waals surface area contributed by atoms with Gasteiger partial charge < -0.3 is 14.6 Å². The number of amides is 1. The van der Waals surface area contributed by atoms with E-state index in [2.05, 4.69) is 5.10 Å². The van der Waals surface area contributed by atoms with Crippen LogP contribution in [-0.2, 0) is 12.6 Å². The van der Waals surface area contributed by atoms with Crippen molar-refractivity contribution >= 4 is 11.6 Å². The maximum absolute atomic E-state index is 12.9. The third-order valence-electron chi connectivity index (χ3n) is 4.95. The van der Waals surface area contributed by atoms with Gasteiger partial charge in [-0.2, -0.15) is 5.10 Å². The molecule has 124 valence electrons. The smallest absolute Gasteiger partial charge is 0.259 e. The van der Waals surface area contributed by atoms with Gasteiger partial charge >= 0.3 is 0 Å². The topological polar surface area (TPSA) is 62.8 Å². The summed E-state index contributed by atoms with van der Waals surface area (Å²) >= 11 is 0. The Balaban J connectivity index is 1.64. The van der Waals surface area contributed by atoms with Gasteiger partial charge in [-0.05, 0) is 24.5 Å². The zero-order valence-corrected chi connectivity index (χ0v) is 13.8. The standard InChI is InChI=1S/C18H20N4O2/c1-13-5-3-4-6-15(13)18(24)7-8-21(12-18)17(23)14-11-19-22-10-9-20(2)16(14)22/h3-6,9-11,24H,7-8,12H2,1-2H3. The van der Waals surface area contributed by atoms with E-state index in [0.717, 1.165) is 16.8 Å². The van der Waals surface area contributed by atoms with Crippen molar-refractivity contribution in [3.05, 3.63) is 59.5 Å². The lowest BCUT2D eigenvalue weighted by molar-refractivity contribution is 0.0413. The van der Waals surface area contributed by atoms with Crippen molar-refractivity contribution in [1.82, 2.24) is 19.1 Å². The molecule has 1 N–H and O–H groups in total. The first kappa shape index (κ1) is 15.0. The molecule has 1 aliphatic heterocycles. The van der Waals surface area contributed by atoms with Gasteiger partial charge in [0.2, 0.25) is 0 Å². The predicted molar refractivity (Wildman–Crippen MR) is 89.8 cm³/mol. The Labute approximate surface area is 139 Å². The number of likely N-dealkylation sites (tertiary alicyclic amines) is 1. The van der Waals surface area contributed by atoms with E-state index in [9.17, 15) is 9.90 Å². The highest BCUT2D eigenvalue weighted by atomic mass is 16.3.